The fourth-order valence-corrected chi connectivity index (χ4v) is 3.70. The Morgan fingerprint density at radius 3 is 1.52 bits per heavy atom. The van der Waals surface area contributed by atoms with Gasteiger partial charge in [0.15, 0.2) is 0 Å². The van der Waals surface area contributed by atoms with E-state index in [0.717, 1.165) is 33.6 Å². The summed E-state index contributed by atoms with van der Waals surface area (Å²) >= 11 is 0. The van der Waals surface area contributed by atoms with E-state index in [9.17, 15) is 10.2 Å². The van der Waals surface area contributed by atoms with Crippen LogP contribution < -0.4 is 4.74 Å². The Morgan fingerprint density at radius 1 is 0.690 bits per heavy atom. The Balaban J connectivity index is 2.64. The van der Waals surface area contributed by atoms with Gasteiger partial charge < -0.3 is 14.9 Å². The van der Waals surface area contributed by atoms with Crippen molar-refractivity contribution in [3.63, 3.8) is 0 Å². The van der Waals surface area contributed by atoms with Gasteiger partial charge >= 0.3 is 0 Å². The lowest BCUT2D eigenvalue weighted by molar-refractivity contribution is 0.401. The predicted molar refractivity (Wildman–Crippen MR) is 122 cm³/mol. The molecule has 2 aromatic rings. The third kappa shape index (κ3) is 5.07. The number of hydrogen-bond donors (Lipinski definition) is 2. The highest BCUT2D eigenvalue weighted by atomic mass is 16.5. The van der Waals surface area contributed by atoms with Gasteiger partial charge in [-0.05, 0) is 45.1 Å². The zero-order valence-corrected chi connectivity index (χ0v) is 19.8. The minimum absolute atomic E-state index is 0.173. The number of phenols is 2. The summed E-state index contributed by atoms with van der Waals surface area (Å²) in [6.45, 7) is 18.9. The minimum atomic E-state index is -0.178. The number of methoxy groups -OCH3 is 1. The first kappa shape index (κ1) is 23.1. The summed E-state index contributed by atoms with van der Waals surface area (Å²) in [4.78, 5) is 0. The maximum absolute atomic E-state index is 11.0. The van der Waals surface area contributed by atoms with Crippen LogP contribution in [0, 0.1) is 0 Å². The number of aromatic hydroxyl groups is 2. The van der Waals surface area contributed by atoms with Crippen LogP contribution in [-0.2, 0) is 22.7 Å². The average Bonchev–Trinajstić information content (AvgIpc) is 2.53. The monoisotopic (exact) mass is 398 g/mol. The smallest absolute Gasteiger partial charge is 0.123 e. The van der Waals surface area contributed by atoms with Gasteiger partial charge in [-0.15, -0.1) is 0 Å². The van der Waals surface area contributed by atoms with E-state index in [1.165, 1.54) is 0 Å². The number of benzene rings is 2. The molecule has 0 saturated heterocycles. The highest BCUT2D eigenvalue weighted by molar-refractivity contribution is 5.53. The SMILES string of the molecule is COc1cc(C(C)(C)C)c(O)cc1Cc1cc(C(C)(C)C)c(O)c(C(C)(C)C)c1. The topological polar surface area (TPSA) is 49.7 Å². The molecular formula is C26H38O3. The van der Waals surface area contributed by atoms with Crippen LogP contribution in [0.5, 0.6) is 17.2 Å². The summed E-state index contributed by atoms with van der Waals surface area (Å²) in [6.07, 6.45) is 0.619. The van der Waals surface area contributed by atoms with Gasteiger partial charge in [-0.3, -0.25) is 0 Å². The van der Waals surface area contributed by atoms with E-state index in [0.29, 0.717) is 17.9 Å². The lowest BCUT2D eigenvalue weighted by Gasteiger charge is -2.28. The Morgan fingerprint density at radius 2 is 1.14 bits per heavy atom. The molecule has 0 radical (unpaired) electrons. The van der Waals surface area contributed by atoms with Gasteiger partial charge in [0.25, 0.3) is 0 Å². The minimum Gasteiger partial charge on any atom is -0.508 e. The lowest BCUT2D eigenvalue weighted by atomic mass is 9.77. The van der Waals surface area contributed by atoms with Crippen LogP contribution >= 0.6 is 0 Å². The summed E-state index contributed by atoms with van der Waals surface area (Å²) in [5.74, 6) is 1.45. The van der Waals surface area contributed by atoms with Crippen molar-refractivity contribution in [3.05, 3.63) is 52.1 Å². The molecule has 3 heteroatoms. The predicted octanol–water partition coefficient (Wildman–Crippen LogP) is 6.59. The van der Waals surface area contributed by atoms with Crippen LogP contribution in [0.1, 0.15) is 90.1 Å². The molecular weight excluding hydrogens is 360 g/mol. The van der Waals surface area contributed by atoms with Crippen molar-refractivity contribution in [2.75, 3.05) is 7.11 Å². The van der Waals surface area contributed by atoms with Crippen molar-refractivity contribution in [3.8, 4) is 17.2 Å². The molecule has 0 aromatic heterocycles. The number of rotatable bonds is 3. The fraction of sp³-hybridized carbons (Fsp3) is 0.538. The van der Waals surface area contributed by atoms with Crippen LogP contribution in [-0.4, -0.2) is 17.3 Å². The molecule has 3 nitrogen and oxygen atoms in total. The maximum Gasteiger partial charge on any atom is 0.123 e. The second kappa shape index (κ2) is 7.59. The van der Waals surface area contributed by atoms with Crippen molar-refractivity contribution < 1.29 is 14.9 Å². The Kier molecular flexibility index (Phi) is 6.05. The van der Waals surface area contributed by atoms with Crippen LogP contribution in [0.15, 0.2) is 24.3 Å². The Bertz CT molecular complexity index is 853. The standard InChI is InChI=1S/C26H38O3/c1-24(2,3)18-15-22(29-10)17(14-21(18)27)11-16-12-19(25(4,5)6)23(28)20(13-16)26(7,8)9/h12-15,27-28H,11H2,1-10H3. The van der Waals surface area contributed by atoms with Gasteiger partial charge in [-0.25, -0.2) is 0 Å². The van der Waals surface area contributed by atoms with E-state index >= 15 is 0 Å². The zero-order chi connectivity index (χ0) is 22.4. The van der Waals surface area contributed by atoms with Crippen molar-refractivity contribution in [2.45, 2.75) is 85.0 Å². The van der Waals surface area contributed by atoms with Crippen molar-refractivity contribution >= 4 is 0 Å². The first-order valence-corrected chi connectivity index (χ1v) is 10.3. The number of ether oxygens (including phenoxy) is 1. The van der Waals surface area contributed by atoms with E-state index in [1.807, 2.05) is 12.1 Å². The van der Waals surface area contributed by atoms with Crippen LogP contribution in [0.25, 0.3) is 0 Å². The van der Waals surface area contributed by atoms with Crippen LogP contribution in [0.3, 0.4) is 0 Å². The molecule has 2 rings (SSSR count). The van der Waals surface area contributed by atoms with Gasteiger partial charge in [-0.1, -0.05) is 74.4 Å². The van der Waals surface area contributed by atoms with Crippen molar-refractivity contribution in [1.29, 1.82) is 0 Å². The van der Waals surface area contributed by atoms with E-state index in [1.54, 1.807) is 7.11 Å². The molecule has 0 aliphatic rings. The highest BCUT2D eigenvalue weighted by Crippen LogP contribution is 2.41. The Labute approximate surface area is 176 Å². The van der Waals surface area contributed by atoms with Gasteiger partial charge in [0, 0.05) is 17.5 Å². The van der Waals surface area contributed by atoms with E-state index in [2.05, 4.69) is 74.4 Å². The molecule has 0 fully saturated rings. The maximum atomic E-state index is 11.0. The molecule has 0 aliphatic heterocycles. The molecule has 2 aromatic carbocycles. The summed E-state index contributed by atoms with van der Waals surface area (Å²) in [5, 5.41) is 21.6. The van der Waals surface area contributed by atoms with Crippen LogP contribution in [0.4, 0.5) is 0 Å². The van der Waals surface area contributed by atoms with Gasteiger partial charge in [-0.2, -0.15) is 0 Å². The summed E-state index contributed by atoms with van der Waals surface area (Å²) in [5.41, 5.74) is 4.25. The fourth-order valence-electron chi connectivity index (χ4n) is 3.70. The molecule has 0 aliphatic carbocycles. The largest absolute Gasteiger partial charge is 0.508 e. The molecule has 0 amide bonds. The summed E-state index contributed by atoms with van der Waals surface area (Å²) in [7, 11) is 1.67. The summed E-state index contributed by atoms with van der Waals surface area (Å²) in [6, 6.07) is 7.93. The van der Waals surface area contributed by atoms with Crippen molar-refractivity contribution in [1.82, 2.24) is 0 Å². The molecule has 0 unspecified atom stereocenters. The molecule has 0 saturated carbocycles. The second-order valence-electron chi connectivity index (χ2n) is 11.1. The quantitative estimate of drug-likeness (QED) is 0.613. The molecule has 0 atom stereocenters. The summed E-state index contributed by atoms with van der Waals surface area (Å²) < 4.78 is 5.67. The van der Waals surface area contributed by atoms with Gasteiger partial charge in [0.1, 0.15) is 17.2 Å². The molecule has 2 N–H and O–H groups in total. The first-order chi connectivity index (χ1) is 13.1. The van der Waals surface area contributed by atoms with Crippen molar-refractivity contribution in [2.24, 2.45) is 0 Å². The molecule has 29 heavy (non-hydrogen) atoms. The zero-order valence-electron chi connectivity index (χ0n) is 19.8. The normalized spacial score (nSPS) is 12.9. The van der Waals surface area contributed by atoms with Gasteiger partial charge in [0.2, 0.25) is 0 Å². The second-order valence-corrected chi connectivity index (χ2v) is 11.1. The number of hydrogen-bond acceptors (Lipinski definition) is 3. The molecule has 160 valence electrons. The average molecular weight is 399 g/mol. The molecule has 0 heterocycles. The first-order valence-electron chi connectivity index (χ1n) is 10.3. The van der Waals surface area contributed by atoms with E-state index in [-0.39, 0.29) is 16.2 Å². The Hall–Kier alpha value is -2.16. The number of phenolic OH excluding ortho intramolecular Hbond substituents is 2. The van der Waals surface area contributed by atoms with Gasteiger partial charge in [0.05, 0.1) is 7.11 Å². The van der Waals surface area contributed by atoms with E-state index in [4.69, 9.17) is 4.74 Å². The van der Waals surface area contributed by atoms with E-state index < -0.39 is 0 Å². The highest BCUT2D eigenvalue weighted by Gasteiger charge is 2.27. The molecule has 0 spiro atoms. The van der Waals surface area contributed by atoms with Crippen LogP contribution in [0.2, 0.25) is 0 Å². The third-order valence-electron chi connectivity index (χ3n) is 5.39. The third-order valence-corrected chi connectivity index (χ3v) is 5.39. The lowest BCUT2D eigenvalue weighted by Crippen LogP contribution is -2.18. The molecule has 0 bridgehead atoms.